The van der Waals surface area contributed by atoms with Gasteiger partial charge in [-0.15, -0.1) is 16.8 Å². The molecule has 1 heterocycles. The maximum absolute atomic E-state index is 13.9. The first-order valence-electron chi connectivity index (χ1n) is 7.80. The van der Waals surface area contributed by atoms with Crippen molar-refractivity contribution < 1.29 is 4.39 Å². The van der Waals surface area contributed by atoms with Gasteiger partial charge in [0.25, 0.3) is 0 Å². The Bertz CT molecular complexity index is 675. The Morgan fingerprint density at radius 3 is 2.83 bits per heavy atom. The lowest BCUT2D eigenvalue weighted by Gasteiger charge is -2.12. The molecule has 0 unspecified atom stereocenters. The van der Waals surface area contributed by atoms with Gasteiger partial charge in [0.05, 0.1) is 0 Å². The van der Waals surface area contributed by atoms with Gasteiger partial charge in [0.1, 0.15) is 11.6 Å². The van der Waals surface area contributed by atoms with Crippen LogP contribution >= 0.6 is 23.4 Å². The molecule has 6 heteroatoms. The second-order valence-electron chi connectivity index (χ2n) is 5.71. The summed E-state index contributed by atoms with van der Waals surface area (Å²) in [6, 6.07) is 4.75. The number of benzene rings is 1. The molecule has 0 saturated heterocycles. The molecule has 1 aromatic heterocycles. The molecule has 23 heavy (non-hydrogen) atoms. The Morgan fingerprint density at radius 1 is 1.35 bits per heavy atom. The van der Waals surface area contributed by atoms with Gasteiger partial charge in [-0.05, 0) is 25.0 Å². The molecule has 1 aliphatic rings. The van der Waals surface area contributed by atoms with Gasteiger partial charge >= 0.3 is 0 Å². The van der Waals surface area contributed by atoms with Crippen LogP contribution in [0.5, 0.6) is 0 Å². The Hall–Kier alpha value is -1.33. The van der Waals surface area contributed by atoms with Crippen LogP contribution in [0.15, 0.2) is 36.0 Å². The van der Waals surface area contributed by atoms with Crippen LogP contribution < -0.4 is 0 Å². The van der Waals surface area contributed by atoms with E-state index in [4.69, 9.17) is 11.6 Å². The van der Waals surface area contributed by atoms with Crippen molar-refractivity contribution in [3.05, 3.63) is 53.1 Å². The van der Waals surface area contributed by atoms with Crippen molar-refractivity contribution in [2.24, 2.45) is 0 Å². The van der Waals surface area contributed by atoms with Crippen LogP contribution in [0.25, 0.3) is 0 Å². The maximum Gasteiger partial charge on any atom is 0.191 e. The molecule has 3 nitrogen and oxygen atoms in total. The molecule has 0 N–H and O–H groups in total. The molecular weight excluding hydrogens is 333 g/mol. The fraction of sp³-hybridized carbons (Fsp3) is 0.412. The smallest absolute Gasteiger partial charge is 0.191 e. The summed E-state index contributed by atoms with van der Waals surface area (Å²) in [7, 11) is 0. The molecule has 1 aliphatic carbocycles. The number of nitrogens with zero attached hydrogens (tertiary/aromatic N) is 3. The number of thioether (sulfide) groups is 1. The van der Waals surface area contributed by atoms with Crippen LogP contribution in [0.3, 0.4) is 0 Å². The van der Waals surface area contributed by atoms with Crippen molar-refractivity contribution >= 4 is 23.4 Å². The number of hydrogen-bond donors (Lipinski definition) is 0. The molecule has 0 amide bonds. The third-order valence-corrected chi connectivity index (χ3v) is 5.53. The molecule has 0 atom stereocenters. The lowest BCUT2D eigenvalue weighted by Crippen LogP contribution is -2.07. The summed E-state index contributed by atoms with van der Waals surface area (Å²) in [4.78, 5) is 0. The molecule has 0 radical (unpaired) electrons. The highest BCUT2D eigenvalue weighted by atomic mass is 35.5. The Kier molecular flexibility index (Phi) is 5.38. The fourth-order valence-electron chi connectivity index (χ4n) is 3.00. The predicted octanol–water partition coefficient (Wildman–Crippen LogP) is 5.21. The third-order valence-electron chi connectivity index (χ3n) is 4.18. The first-order valence-corrected chi connectivity index (χ1v) is 9.16. The van der Waals surface area contributed by atoms with E-state index in [1.165, 1.54) is 43.5 Å². The molecular formula is C17H19ClFN3S. The molecule has 1 aromatic carbocycles. The summed E-state index contributed by atoms with van der Waals surface area (Å²) < 4.78 is 16.0. The summed E-state index contributed by atoms with van der Waals surface area (Å²) >= 11 is 7.56. The summed E-state index contributed by atoms with van der Waals surface area (Å²) in [5.41, 5.74) is 0.509. The van der Waals surface area contributed by atoms with E-state index in [2.05, 4.69) is 21.3 Å². The quantitative estimate of drug-likeness (QED) is 0.529. The third kappa shape index (κ3) is 3.61. The summed E-state index contributed by atoms with van der Waals surface area (Å²) in [6.07, 6.45) is 6.68. The number of hydrogen-bond acceptors (Lipinski definition) is 3. The molecule has 2 aromatic rings. The van der Waals surface area contributed by atoms with Gasteiger partial charge in [-0.2, -0.15) is 0 Å². The lowest BCUT2D eigenvalue weighted by atomic mass is 10.1. The van der Waals surface area contributed by atoms with Crippen LogP contribution in [0.4, 0.5) is 4.39 Å². The average Bonchev–Trinajstić information content (AvgIpc) is 3.17. The number of aromatic nitrogens is 3. The van der Waals surface area contributed by atoms with Crippen LogP contribution in [0, 0.1) is 5.82 Å². The highest BCUT2D eigenvalue weighted by molar-refractivity contribution is 7.98. The summed E-state index contributed by atoms with van der Waals surface area (Å²) in [6.45, 7) is 4.50. The number of allylic oxidation sites excluding steroid dienone is 1. The first-order chi connectivity index (χ1) is 11.2. The summed E-state index contributed by atoms with van der Waals surface area (Å²) in [5, 5.41) is 9.95. The molecule has 1 fully saturated rings. The van der Waals surface area contributed by atoms with Gasteiger partial charge in [-0.25, -0.2) is 4.39 Å². The van der Waals surface area contributed by atoms with E-state index < -0.39 is 0 Å². The monoisotopic (exact) mass is 351 g/mol. The van der Waals surface area contributed by atoms with Crippen molar-refractivity contribution in [2.45, 2.75) is 49.1 Å². The second kappa shape index (κ2) is 7.49. The topological polar surface area (TPSA) is 30.7 Å². The summed E-state index contributed by atoms with van der Waals surface area (Å²) in [5.74, 6) is 1.67. The zero-order valence-corrected chi connectivity index (χ0v) is 14.4. The van der Waals surface area contributed by atoms with E-state index in [0.717, 1.165) is 11.0 Å². The van der Waals surface area contributed by atoms with Gasteiger partial charge < -0.3 is 4.57 Å². The molecule has 122 valence electrons. The SMILES string of the molecule is C=CCn1c(SCc2c(F)cccc2Cl)nnc1C1CCCC1. The van der Waals surface area contributed by atoms with Gasteiger partial charge in [0.15, 0.2) is 5.16 Å². The molecule has 0 bridgehead atoms. The fourth-order valence-corrected chi connectivity index (χ4v) is 4.30. The number of halogens is 2. The van der Waals surface area contributed by atoms with E-state index in [1.807, 2.05) is 6.08 Å². The average molecular weight is 352 g/mol. The second-order valence-corrected chi connectivity index (χ2v) is 7.06. The van der Waals surface area contributed by atoms with Crippen molar-refractivity contribution in [3.63, 3.8) is 0 Å². The van der Waals surface area contributed by atoms with E-state index in [0.29, 0.717) is 28.8 Å². The normalized spacial score (nSPS) is 15.2. The van der Waals surface area contributed by atoms with E-state index in [1.54, 1.807) is 12.1 Å². The highest BCUT2D eigenvalue weighted by Crippen LogP contribution is 2.35. The van der Waals surface area contributed by atoms with Crippen molar-refractivity contribution in [1.82, 2.24) is 14.8 Å². The van der Waals surface area contributed by atoms with Crippen LogP contribution in [-0.4, -0.2) is 14.8 Å². The van der Waals surface area contributed by atoms with Crippen LogP contribution in [-0.2, 0) is 12.3 Å². The molecule has 3 rings (SSSR count). The van der Waals surface area contributed by atoms with Crippen molar-refractivity contribution in [1.29, 1.82) is 0 Å². The zero-order valence-electron chi connectivity index (χ0n) is 12.8. The van der Waals surface area contributed by atoms with Crippen molar-refractivity contribution in [2.75, 3.05) is 0 Å². The van der Waals surface area contributed by atoms with Gasteiger partial charge in [-0.3, -0.25) is 0 Å². The zero-order chi connectivity index (χ0) is 16.2. The number of rotatable bonds is 6. The largest absolute Gasteiger partial charge is 0.302 e. The van der Waals surface area contributed by atoms with E-state index >= 15 is 0 Å². The van der Waals surface area contributed by atoms with Gasteiger partial charge in [0.2, 0.25) is 0 Å². The maximum atomic E-state index is 13.9. The van der Waals surface area contributed by atoms with Crippen LogP contribution in [0.1, 0.15) is 43.0 Å². The van der Waals surface area contributed by atoms with Crippen LogP contribution in [0.2, 0.25) is 5.02 Å². The van der Waals surface area contributed by atoms with E-state index in [9.17, 15) is 4.39 Å². The Balaban J connectivity index is 1.81. The minimum Gasteiger partial charge on any atom is -0.302 e. The van der Waals surface area contributed by atoms with Gasteiger partial charge in [0, 0.05) is 28.8 Å². The van der Waals surface area contributed by atoms with E-state index in [-0.39, 0.29) is 5.82 Å². The minimum absolute atomic E-state index is 0.282. The van der Waals surface area contributed by atoms with Gasteiger partial charge in [-0.1, -0.05) is 48.3 Å². The Morgan fingerprint density at radius 2 is 2.13 bits per heavy atom. The lowest BCUT2D eigenvalue weighted by molar-refractivity contribution is 0.594. The Labute approximate surface area is 144 Å². The molecule has 0 aliphatic heterocycles. The minimum atomic E-state index is -0.282. The predicted molar refractivity (Wildman–Crippen MR) is 92.4 cm³/mol. The molecule has 0 spiro atoms. The standard InChI is InChI=1S/C17H19ClFN3S/c1-2-10-22-16(12-6-3-4-7-12)20-21-17(22)23-11-13-14(18)8-5-9-15(13)19/h2,5,8-9,12H,1,3-4,6-7,10-11H2. The molecule has 1 saturated carbocycles. The highest BCUT2D eigenvalue weighted by Gasteiger charge is 2.24. The van der Waals surface area contributed by atoms with Crippen molar-refractivity contribution in [3.8, 4) is 0 Å². The first kappa shape index (κ1) is 16.5.